The van der Waals surface area contributed by atoms with E-state index in [1.165, 1.54) is 16.0 Å². The van der Waals surface area contributed by atoms with Crippen LogP contribution in [0.4, 0.5) is 0 Å². The summed E-state index contributed by atoms with van der Waals surface area (Å²) >= 11 is 1.63. The number of aryl methyl sites for hydroxylation is 4. The summed E-state index contributed by atoms with van der Waals surface area (Å²) < 4.78 is 1.34. The summed E-state index contributed by atoms with van der Waals surface area (Å²) in [5.41, 5.74) is 5.34. The van der Waals surface area contributed by atoms with Gasteiger partial charge in [-0.3, -0.25) is 15.0 Å². The van der Waals surface area contributed by atoms with Crippen molar-refractivity contribution in [2.45, 2.75) is 46.0 Å². The van der Waals surface area contributed by atoms with Crippen molar-refractivity contribution < 1.29 is 4.79 Å². The summed E-state index contributed by atoms with van der Waals surface area (Å²) in [6, 6.07) is 7.30. The van der Waals surface area contributed by atoms with E-state index < -0.39 is 0 Å². The van der Waals surface area contributed by atoms with Crippen LogP contribution in [0.3, 0.4) is 0 Å². The molecule has 0 saturated carbocycles. The smallest absolute Gasteiger partial charge is 0.267 e. The molecule has 2 aromatic heterocycles. The van der Waals surface area contributed by atoms with Gasteiger partial charge in [0.05, 0.1) is 5.39 Å². The number of thiophene rings is 1. The molecule has 0 fully saturated rings. The fraction of sp³-hybridized carbons (Fsp3) is 0.350. The Morgan fingerprint density at radius 2 is 1.96 bits per heavy atom. The first kappa shape index (κ1) is 17.0. The molecule has 0 spiro atoms. The lowest BCUT2D eigenvalue weighted by Crippen LogP contribution is -2.36. The van der Waals surface area contributed by atoms with Crippen molar-refractivity contribution in [3.05, 3.63) is 62.0 Å². The lowest BCUT2D eigenvalue weighted by atomic mass is 9.97. The van der Waals surface area contributed by atoms with Crippen molar-refractivity contribution in [2.75, 3.05) is 5.43 Å². The number of nitrogens with zero attached hydrogens (tertiary/aromatic N) is 2. The number of carbonyl (C=O) groups is 1. The molecule has 0 aliphatic heterocycles. The molecule has 2 heterocycles. The molecule has 0 bridgehead atoms. The molecule has 1 aliphatic rings. The van der Waals surface area contributed by atoms with Crippen LogP contribution in [-0.4, -0.2) is 15.6 Å². The van der Waals surface area contributed by atoms with Gasteiger partial charge in [-0.25, -0.2) is 9.66 Å². The number of benzene rings is 1. The van der Waals surface area contributed by atoms with Crippen LogP contribution in [0.25, 0.3) is 10.2 Å². The number of nitrogens with one attached hydrogen (secondary N) is 1. The molecule has 0 unspecified atom stereocenters. The minimum atomic E-state index is -0.299. The predicted molar refractivity (Wildman–Crippen MR) is 105 cm³/mol. The highest BCUT2D eigenvalue weighted by Gasteiger charge is 2.22. The van der Waals surface area contributed by atoms with Gasteiger partial charge in [0.1, 0.15) is 10.7 Å². The Labute approximate surface area is 155 Å². The van der Waals surface area contributed by atoms with Gasteiger partial charge in [0.25, 0.3) is 11.5 Å². The monoisotopic (exact) mass is 367 g/mol. The highest BCUT2D eigenvalue weighted by molar-refractivity contribution is 7.18. The van der Waals surface area contributed by atoms with Crippen molar-refractivity contribution in [1.29, 1.82) is 0 Å². The molecule has 0 radical (unpaired) electrons. The SMILES string of the molecule is CCc1nc2sc3c(c2c(=O)n1NC(=O)c1ccc(C)cc1)CCCC3. The van der Waals surface area contributed by atoms with E-state index >= 15 is 0 Å². The fourth-order valence-corrected chi connectivity index (χ4v) is 4.74. The van der Waals surface area contributed by atoms with Gasteiger partial charge in [0.2, 0.25) is 0 Å². The predicted octanol–water partition coefficient (Wildman–Crippen LogP) is 3.59. The van der Waals surface area contributed by atoms with Crippen LogP contribution in [0.15, 0.2) is 29.1 Å². The number of aromatic nitrogens is 2. The van der Waals surface area contributed by atoms with Gasteiger partial charge in [-0.05, 0) is 50.3 Å². The number of fused-ring (bicyclic) bond motifs is 3. The van der Waals surface area contributed by atoms with Gasteiger partial charge in [0.15, 0.2) is 0 Å². The molecule has 3 aromatic rings. The lowest BCUT2D eigenvalue weighted by Gasteiger charge is -2.14. The Bertz CT molecular complexity index is 1050. The molecule has 1 amide bonds. The van der Waals surface area contributed by atoms with Crippen LogP contribution in [0.5, 0.6) is 0 Å². The molecule has 1 N–H and O–H groups in total. The second kappa shape index (κ2) is 6.68. The van der Waals surface area contributed by atoms with Crippen LogP contribution >= 0.6 is 11.3 Å². The Morgan fingerprint density at radius 3 is 2.69 bits per heavy atom. The second-order valence-electron chi connectivity index (χ2n) is 6.72. The topological polar surface area (TPSA) is 64.0 Å². The summed E-state index contributed by atoms with van der Waals surface area (Å²) in [5.74, 6) is 0.286. The van der Waals surface area contributed by atoms with Gasteiger partial charge < -0.3 is 0 Å². The third kappa shape index (κ3) is 2.84. The van der Waals surface area contributed by atoms with Crippen molar-refractivity contribution in [3.63, 3.8) is 0 Å². The number of carbonyl (C=O) groups excluding carboxylic acids is 1. The number of rotatable bonds is 3. The fourth-order valence-electron chi connectivity index (χ4n) is 3.47. The van der Waals surface area contributed by atoms with E-state index in [9.17, 15) is 9.59 Å². The third-order valence-corrected chi connectivity index (χ3v) is 6.09. The van der Waals surface area contributed by atoms with E-state index in [2.05, 4.69) is 10.4 Å². The first-order valence-electron chi connectivity index (χ1n) is 9.02. The number of hydrogen-bond acceptors (Lipinski definition) is 4. The summed E-state index contributed by atoms with van der Waals surface area (Å²) in [6.45, 7) is 3.91. The molecule has 6 heteroatoms. The molecule has 1 aliphatic carbocycles. The molecule has 4 rings (SSSR count). The van der Waals surface area contributed by atoms with Gasteiger partial charge in [0, 0.05) is 16.9 Å². The van der Waals surface area contributed by atoms with Crippen molar-refractivity contribution in [3.8, 4) is 0 Å². The van der Waals surface area contributed by atoms with Crippen LogP contribution in [0.1, 0.15) is 52.0 Å². The maximum Gasteiger partial charge on any atom is 0.281 e. The molecule has 1 aromatic carbocycles. The normalized spacial score (nSPS) is 13.6. The minimum Gasteiger partial charge on any atom is -0.267 e. The van der Waals surface area contributed by atoms with Crippen LogP contribution < -0.4 is 11.0 Å². The Balaban J connectivity index is 1.80. The first-order valence-corrected chi connectivity index (χ1v) is 9.84. The molecule has 134 valence electrons. The van der Waals surface area contributed by atoms with Crippen molar-refractivity contribution >= 4 is 27.5 Å². The van der Waals surface area contributed by atoms with Crippen molar-refractivity contribution in [2.24, 2.45) is 0 Å². The van der Waals surface area contributed by atoms with E-state index in [1.54, 1.807) is 23.5 Å². The van der Waals surface area contributed by atoms with Crippen LogP contribution in [0, 0.1) is 6.92 Å². The molecule has 0 saturated heterocycles. The Kier molecular flexibility index (Phi) is 4.36. The molecule has 26 heavy (non-hydrogen) atoms. The summed E-state index contributed by atoms with van der Waals surface area (Å²) in [5, 5.41) is 0.686. The number of amides is 1. The number of hydrogen-bond donors (Lipinski definition) is 1. The average molecular weight is 367 g/mol. The first-order chi connectivity index (χ1) is 12.6. The maximum absolute atomic E-state index is 13.2. The third-order valence-electron chi connectivity index (χ3n) is 4.90. The zero-order chi connectivity index (χ0) is 18.3. The second-order valence-corrected chi connectivity index (χ2v) is 7.80. The van der Waals surface area contributed by atoms with Crippen molar-refractivity contribution in [1.82, 2.24) is 9.66 Å². The van der Waals surface area contributed by atoms with Gasteiger partial charge >= 0.3 is 0 Å². The molecular weight excluding hydrogens is 346 g/mol. The summed E-state index contributed by atoms with van der Waals surface area (Å²) in [7, 11) is 0. The summed E-state index contributed by atoms with van der Waals surface area (Å²) in [6.07, 6.45) is 4.78. The minimum absolute atomic E-state index is 0.160. The average Bonchev–Trinajstić information content (AvgIpc) is 3.02. The molecule has 5 nitrogen and oxygen atoms in total. The van der Waals surface area contributed by atoms with E-state index in [0.717, 1.165) is 35.2 Å². The van der Waals surface area contributed by atoms with Gasteiger partial charge in [-0.1, -0.05) is 24.6 Å². The van der Waals surface area contributed by atoms with Gasteiger partial charge in [-0.15, -0.1) is 11.3 Å². The molecular formula is C20H21N3O2S. The maximum atomic E-state index is 13.2. The summed E-state index contributed by atoms with van der Waals surface area (Å²) in [4.78, 5) is 32.6. The van der Waals surface area contributed by atoms with Gasteiger partial charge in [-0.2, -0.15) is 0 Å². The highest BCUT2D eigenvalue weighted by atomic mass is 32.1. The zero-order valence-corrected chi connectivity index (χ0v) is 15.8. The Morgan fingerprint density at radius 1 is 1.23 bits per heavy atom. The standard InChI is InChI=1S/C20H21N3O2S/c1-3-16-21-19-17(14-6-4-5-7-15(14)26-19)20(25)23(16)22-18(24)13-10-8-12(2)9-11-13/h8-11H,3-7H2,1-2H3,(H,22,24). The molecule has 0 atom stereocenters. The lowest BCUT2D eigenvalue weighted by molar-refractivity contribution is 0.101. The van der Waals surface area contributed by atoms with E-state index in [4.69, 9.17) is 0 Å². The van der Waals surface area contributed by atoms with Crippen LogP contribution in [-0.2, 0) is 19.3 Å². The largest absolute Gasteiger partial charge is 0.281 e. The van der Waals surface area contributed by atoms with E-state index in [1.807, 2.05) is 26.0 Å². The quantitative estimate of drug-likeness (QED) is 0.769. The van der Waals surface area contributed by atoms with E-state index in [0.29, 0.717) is 23.2 Å². The zero-order valence-electron chi connectivity index (χ0n) is 15.0. The van der Waals surface area contributed by atoms with E-state index in [-0.39, 0.29) is 11.5 Å². The Hall–Kier alpha value is -2.47. The highest BCUT2D eigenvalue weighted by Crippen LogP contribution is 2.33. The van der Waals surface area contributed by atoms with Crippen LogP contribution in [0.2, 0.25) is 0 Å².